The number of aliphatic imine (C=N–C) groups is 1. The molecular formula is C19H27NO2. The van der Waals surface area contributed by atoms with E-state index in [1.807, 2.05) is 0 Å². The summed E-state index contributed by atoms with van der Waals surface area (Å²) in [7, 11) is 0. The van der Waals surface area contributed by atoms with Crippen molar-refractivity contribution >= 4 is 11.4 Å². The Balaban J connectivity index is 2.02. The van der Waals surface area contributed by atoms with E-state index in [1.54, 1.807) is 0 Å². The van der Waals surface area contributed by atoms with E-state index >= 15 is 0 Å². The van der Waals surface area contributed by atoms with Crippen LogP contribution in [-0.2, 0) is 4.74 Å². The van der Waals surface area contributed by atoms with Crippen LogP contribution in [0, 0.1) is 13.8 Å². The molecule has 0 spiro atoms. The molecule has 1 aromatic carbocycles. The predicted molar refractivity (Wildman–Crippen MR) is 90.0 cm³/mol. The van der Waals surface area contributed by atoms with Gasteiger partial charge in [0, 0.05) is 6.61 Å². The second-order valence-electron chi connectivity index (χ2n) is 6.83. The van der Waals surface area contributed by atoms with Crippen LogP contribution in [-0.4, -0.2) is 29.1 Å². The Morgan fingerprint density at radius 2 is 1.82 bits per heavy atom. The number of hydrogen-bond acceptors (Lipinski definition) is 3. The molecule has 0 radical (unpaired) electrons. The smallest absolute Gasteiger partial charge is 0.105 e. The summed E-state index contributed by atoms with van der Waals surface area (Å²) in [5.41, 5.74) is 3.43. The van der Waals surface area contributed by atoms with Crippen molar-refractivity contribution in [2.24, 2.45) is 4.99 Å². The lowest BCUT2D eigenvalue weighted by Crippen LogP contribution is -2.46. The first-order chi connectivity index (χ1) is 10.6. The van der Waals surface area contributed by atoms with Gasteiger partial charge in [-0.25, -0.2) is 0 Å². The summed E-state index contributed by atoms with van der Waals surface area (Å²) in [6.45, 7) is 4.96. The lowest BCUT2D eigenvalue weighted by atomic mass is 9.79. The van der Waals surface area contributed by atoms with E-state index in [0.717, 1.165) is 67.7 Å². The van der Waals surface area contributed by atoms with Crippen LogP contribution >= 0.6 is 0 Å². The SMILES string of the molecule is Cc1cccc(C)c1N=C(C1CCCO1)C1(O)CCCCC1. The molecule has 0 amide bonds. The quantitative estimate of drug-likeness (QED) is 0.848. The fourth-order valence-electron chi connectivity index (χ4n) is 3.76. The molecule has 120 valence electrons. The molecule has 2 aliphatic rings. The third-order valence-corrected chi connectivity index (χ3v) is 5.06. The maximum Gasteiger partial charge on any atom is 0.105 e. The molecular weight excluding hydrogens is 274 g/mol. The van der Waals surface area contributed by atoms with Gasteiger partial charge < -0.3 is 9.84 Å². The Kier molecular flexibility index (Phi) is 4.65. The molecule has 2 fully saturated rings. The molecule has 1 saturated heterocycles. The Bertz CT molecular complexity index is 532. The lowest BCUT2D eigenvalue weighted by molar-refractivity contribution is 0.0532. The molecule has 0 bridgehead atoms. The van der Waals surface area contributed by atoms with Crippen molar-refractivity contribution in [3.8, 4) is 0 Å². The van der Waals surface area contributed by atoms with Crippen molar-refractivity contribution in [2.45, 2.75) is 70.5 Å². The van der Waals surface area contributed by atoms with E-state index in [0.29, 0.717) is 0 Å². The van der Waals surface area contributed by atoms with Gasteiger partial charge in [0.25, 0.3) is 0 Å². The van der Waals surface area contributed by atoms with Crippen molar-refractivity contribution in [1.82, 2.24) is 0 Å². The first kappa shape index (κ1) is 15.7. The highest BCUT2D eigenvalue weighted by Gasteiger charge is 2.40. The van der Waals surface area contributed by atoms with Crippen LogP contribution in [0.3, 0.4) is 0 Å². The number of rotatable bonds is 3. The molecule has 22 heavy (non-hydrogen) atoms. The van der Waals surface area contributed by atoms with Crippen LogP contribution in [0.15, 0.2) is 23.2 Å². The monoisotopic (exact) mass is 301 g/mol. The summed E-state index contributed by atoms with van der Waals surface area (Å²) in [6.07, 6.45) is 7.03. The van der Waals surface area contributed by atoms with Gasteiger partial charge in [-0.15, -0.1) is 0 Å². The first-order valence-electron chi connectivity index (χ1n) is 8.59. The standard InChI is InChI=1S/C19H27NO2/c1-14-8-6-9-15(2)17(14)20-18(16-10-7-13-22-16)19(21)11-4-3-5-12-19/h6,8-9,16,21H,3-5,7,10-13H2,1-2H3. The molecule has 3 rings (SSSR count). The predicted octanol–water partition coefficient (Wildman–Crippen LogP) is 4.25. The van der Waals surface area contributed by atoms with Crippen molar-refractivity contribution in [1.29, 1.82) is 0 Å². The van der Waals surface area contributed by atoms with Crippen molar-refractivity contribution in [3.05, 3.63) is 29.3 Å². The average Bonchev–Trinajstić information content (AvgIpc) is 3.01. The van der Waals surface area contributed by atoms with Crippen LogP contribution in [0.25, 0.3) is 0 Å². The van der Waals surface area contributed by atoms with Gasteiger partial charge >= 0.3 is 0 Å². The summed E-state index contributed by atoms with van der Waals surface area (Å²) in [6, 6.07) is 6.23. The molecule has 1 atom stereocenters. The molecule has 1 N–H and O–H groups in total. The molecule has 1 aromatic rings. The molecule has 0 aromatic heterocycles. The first-order valence-corrected chi connectivity index (χ1v) is 8.59. The zero-order valence-corrected chi connectivity index (χ0v) is 13.8. The van der Waals surface area contributed by atoms with Crippen molar-refractivity contribution in [3.63, 3.8) is 0 Å². The Hall–Kier alpha value is -1.19. The number of aryl methyl sites for hydroxylation is 2. The Morgan fingerprint density at radius 1 is 1.14 bits per heavy atom. The van der Waals surface area contributed by atoms with E-state index in [9.17, 15) is 5.11 Å². The normalized spacial score (nSPS) is 25.4. The Labute approximate surface area is 133 Å². The van der Waals surface area contributed by atoms with Gasteiger partial charge in [-0.3, -0.25) is 4.99 Å². The van der Waals surface area contributed by atoms with Crippen molar-refractivity contribution < 1.29 is 9.84 Å². The van der Waals surface area contributed by atoms with Gasteiger partial charge in [0.05, 0.1) is 17.5 Å². The van der Waals surface area contributed by atoms with Gasteiger partial charge in [-0.1, -0.05) is 37.5 Å². The van der Waals surface area contributed by atoms with Crippen LogP contribution in [0.4, 0.5) is 5.69 Å². The third-order valence-electron chi connectivity index (χ3n) is 5.06. The van der Waals surface area contributed by atoms with Gasteiger partial charge in [0.15, 0.2) is 0 Å². The summed E-state index contributed by atoms with van der Waals surface area (Å²) in [4.78, 5) is 4.98. The van der Waals surface area contributed by atoms with E-state index in [2.05, 4.69) is 32.0 Å². The molecule has 3 nitrogen and oxygen atoms in total. The van der Waals surface area contributed by atoms with Crippen molar-refractivity contribution in [2.75, 3.05) is 6.61 Å². The minimum Gasteiger partial charge on any atom is -0.384 e. The zero-order chi connectivity index (χ0) is 15.6. The third kappa shape index (κ3) is 3.11. The van der Waals surface area contributed by atoms with Gasteiger partial charge in [-0.05, 0) is 50.7 Å². The maximum atomic E-state index is 11.2. The van der Waals surface area contributed by atoms with Crippen LogP contribution in [0.5, 0.6) is 0 Å². The van der Waals surface area contributed by atoms with Gasteiger partial charge in [0.2, 0.25) is 0 Å². The summed E-state index contributed by atoms with van der Waals surface area (Å²) in [5.74, 6) is 0. The highest BCUT2D eigenvalue weighted by Crippen LogP contribution is 2.35. The second kappa shape index (κ2) is 6.51. The van der Waals surface area contributed by atoms with E-state index in [4.69, 9.17) is 9.73 Å². The van der Waals surface area contributed by atoms with E-state index in [1.165, 1.54) is 6.42 Å². The number of aliphatic hydroxyl groups is 1. The fraction of sp³-hybridized carbons (Fsp3) is 0.632. The molecule has 1 saturated carbocycles. The summed E-state index contributed by atoms with van der Waals surface area (Å²) >= 11 is 0. The zero-order valence-electron chi connectivity index (χ0n) is 13.8. The minimum atomic E-state index is -0.776. The number of ether oxygens (including phenoxy) is 1. The molecule has 1 heterocycles. The number of benzene rings is 1. The number of nitrogens with zero attached hydrogens (tertiary/aromatic N) is 1. The van der Waals surface area contributed by atoms with Crippen LogP contribution in [0.2, 0.25) is 0 Å². The molecule has 3 heteroatoms. The minimum absolute atomic E-state index is 0.0119. The summed E-state index contributed by atoms with van der Waals surface area (Å²) in [5, 5.41) is 11.2. The molecule has 1 aliphatic carbocycles. The molecule has 1 aliphatic heterocycles. The fourth-order valence-corrected chi connectivity index (χ4v) is 3.76. The van der Waals surface area contributed by atoms with Gasteiger partial charge in [-0.2, -0.15) is 0 Å². The highest BCUT2D eigenvalue weighted by atomic mass is 16.5. The number of para-hydroxylation sites is 1. The average molecular weight is 301 g/mol. The lowest BCUT2D eigenvalue weighted by Gasteiger charge is -2.35. The second-order valence-corrected chi connectivity index (χ2v) is 6.83. The van der Waals surface area contributed by atoms with Crippen LogP contribution in [0.1, 0.15) is 56.1 Å². The van der Waals surface area contributed by atoms with E-state index in [-0.39, 0.29) is 6.10 Å². The Morgan fingerprint density at radius 3 is 2.41 bits per heavy atom. The van der Waals surface area contributed by atoms with Gasteiger partial charge in [0.1, 0.15) is 5.60 Å². The van der Waals surface area contributed by atoms with Crippen LogP contribution < -0.4 is 0 Å². The molecule has 1 unspecified atom stereocenters. The number of hydrogen-bond donors (Lipinski definition) is 1. The largest absolute Gasteiger partial charge is 0.384 e. The van der Waals surface area contributed by atoms with E-state index < -0.39 is 5.60 Å². The summed E-state index contributed by atoms with van der Waals surface area (Å²) < 4.78 is 5.89. The maximum absolute atomic E-state index is 11.2. The topological polar surface area (TPSA) is 41.8 Å². The highest BCUT2D eigenvalue weighted by molar-refractivity contribution is 5.98.